The van der Waals surface area contributed by atoms with E-state index in [1.54, 1.807) is 0 Å². The molecule has 0 heterocycles. The summed E-state index contributed by atoms with van der Waals surface area (Å²) < 4.78 is 0. The molecule has 1 aromatic carbocycles. The number of aliphatic hydroxyl groups excluding tert-OH is 1. The lowest BCUT2D eigenvalue weighted by molar-refractivity contribution is 0.0419. The second-order valence-corrected chi connectivity index (χ2v) is 4.37. The molecule has 1 saturated carbocycles. The summed E-state index contributed by atoms with van der Waals surface area (Å²) in [4.78, 5) is 11.7. The first-order valence-electron chi connectivity index (χ1n) is 5.55. The van der Waals surface area contributed by atoms with Gasteiger partial charge in [-0.25, -0.2) is 0 Å². The largest absolute Gasteiger partial charge is 0.507 e. The van der Waals surface area contributed by atoms with Crippen LogP contribution in [0, 0.1) is 5.92 Å². The average molecular weight is 237 g/mol. The zero-order valence-electron chi connectivity index (χ0n) is 9.26. The molecular formula is C12H15NO4. The molecule has 2 rings (SSSR count). The quantitative estimate of drug-likeness (QED) is 0.619. The van der Waals surface area contributed by atoms with E-state index >= 15 is 0 Å². The highest BCUT2D eigenvalue weighted by atomic mass is 16.3. The SMILES string of the molecule is O=C(NCC1CC(O)C1)c1c(O)cccc1O. The summed E-state index contributed by atoms with van der Waals surface area (Å²) in [6.07, 6.45) is 1.12. The van der Waals surface area contributed by atoms with Crippen LogP contribution in [0.2, 0.25) is 0 Å². The summed E-state index contributed by atoms with van der Waals surface area (Å²) in [5.41, 5.74) is -0.104. The molecule has 1 aliphatic rings. The maximum Gasteiger partial charge on any atom is 0.258 e. The fraction of sp³-hybridized carbons (Fsp3) is 0.417. The number of rotatable bonds is 3. The highest BCUT2D eigenvalue weighted by molar-refractivity contribution is 5.99. The fourth-order valence-electron chi connectivity index (χ4n) is 1.95. The Morgan fingerprint density at radius 3 is 2.41 bits per heavy atom. The van der Waals surface area contributed by atoms with Crippen molar-refractivity contribution in [3.8, 4) is 11.5 Å². The third-order valence-corrected chi connectivity index (χ3v) is 3.01. The zero-order chi connectivity index (χ0) is 12.4. The number of aliphatic hydroxyl groups is 1. The number of hydrogen-bond donors (Lipinski definition) is 4. The molecule has 0 bridgehead atoms. The van der Waals surface area contributed by atoms with Gasteiger partial charge in [-0.1, -0.05) is 6.07 Å². The third-order valence-electron chi connectivity index (χ3n) is 3.01. The molecule has 0 spiro atoms. The maximum absolute atomic E-state index is 11.7. The highest BCUT2D eigenvalue weighted by Gasteiger charge is 2.27. The van der Waals surface area contributed by atoms with Crippen LogP contribution in [-0.2, 0) is 0 Å². The summed E-state index contributed by atoms with van der Waals surface area (Å²) in [7, 11) is 0. The van der Waals surface area contributed by atoms with Crippen LogP contribution in [0.15, 0.2) is 18.2 Å². The molecule has 0 atom stereocenters. The minimum absolute atomic E-state index is 0.104. The summed E-state index contributed by atoms with van der Waals surface area (Å²) in [5.74, 6) is -0.698. The number of nitrogens with one attached hydrogen (secondary N) is 1. The van der Waals surface area contributed by atoms with Crippen LogP contribution in [0.3, 0.4) is 0 Å². The van der Waals surface area contributed by atoms with Crippen LogP contribution in [0.4, 0.5) is 0 Å². The zero-order valence-corrected chi connectivity index (χ0v) is 9.26. The molecule has 4 N–H and O–H groups in total. The van der Waals surface area contributed by atoms with E-state index in [0.717, 1.165) is 0 Å². The van der Waals surface area contributed by atoms with Gasteiger partial charge in [0.05, 0.1) is 6.10 Å². The normalized spacial score (nSPS) is 22.9. The second-order valence-electron chi connectivity index (χ2n) is 4.37. The van der Waals surface area contributed by atoms with Crippen molar-refractivity contribution in [3.63, 3.8) is 0 Å². The van der Waals surface area contributed by atoms with Gasteiger partial charge in [-0.05, 0) is 30.9 Å². The predicted octanol–water partition coefficient (Wildman–Crippen LogP) is 0.599. The van der Waals surface area contributed by atoms with E-state index in [4.69, 9.17) is 5.11 Å². The fourth-order valence-corrected chi connectivity index (χ4v) is 1.95. The van der Waals surface area contributed by atoms with Crippen molar-refractivity contribution in [1.29, 1.82) is 0 Å². The Bertz CT molecular complexity index is 406. The van der Waals surface area contributed by atoms with Crippen LogP contribution < -0.4 is 5.32 Å². The molecule has 1 amide bonds. The molecule has 1 aliphatic carbocycles. The van der Waals surface area contributed by atoms with E-state index in [9.17, 15) is 15.0 Å². The summed E-state index contributed by atoms with van der Waals surface area (Å²) in [5, 5.41) is 30.7. The van der Waals surface area contributed by atoms with E-state index in [1.807, 2.05) is 0 Å². The van der Waals surface area contributed by atoms with Crippen molar-refractivity contribution >= 4 is 5.91 Å². The maximum atomic E-state index is 11.7. The number of aromatic hydroxyl groups is 2. The molecule has 0 aromatic heterocycles. The third kappa shape index (κ3) is 2.50. The first kappa shape index (κ1) is 11.7. The van der Waals surface area contributed by atoms with E-state index in [-0.39, 0.29) is 29.1 Å². The van der Waals surface area contributed by atoms with Gasteiger partial charge in [0.25, 0.3) is 5.91 Å². The van der Waals surface area contributed by atoms with Crippen molar-refractivity contribution in [3.05, 3.63) is 23.8 Å². The van der Waals surface area contributed by atoms with E-state index < -0.39 is 5.91 Å². The van der Waals surface area contributed by atoms with E-state index in [0.29, 0.717) is 19.4 Å². The van der Waals surface area contributed by atoms with Crippen molar-refractivity contribution in [2.24, 2.45) is 5.92 Å². The van der Waals surface area contributed by atoms with Gasteiger partial charge in [-0.2, -0.15) is 0 Å². The van der Waals surface area contributed by atoms with Gasteiger partial charge in [0.1, 0.15) is 17.1 Å². The molecule has 5 heteroatoms. The summed E-state index contributed by atoms with van der Waals surface area (Å²) >= 11 is 0. The number of phenolic OH excluding ortho intramolecular Hbond substituents is 2. The molecular weight excluding hydrogens is 222 g/mol. The Labute approximate surface area is 98.7 Å². The van der Waals surface area contributed by atoms with Crippen molar-refractivity contribution < 1.29 is 20.1 Å². The number of benzene rings is 1. The molecule has 0 radical (unpaired) electrons. The minimum Gasteiger partial charge on any atom is -0.507 e. The predicted molar refractivity (Wildman–Crippen MR) is 60.8 cm³/mol. The van der Waals surface area contributed by atoms with Crippen LogP contribution in [0.1, 0.15) is 23.2 Å². The molecule has 0 aliphatic heterocycles. The molecule has 92 valence electrons. The van der Waals surface area contributed by atoms with Crippen LogP contribution in [-0.4, -0.2) is 33.9 Å². The lowest BCUT2D eigenvalue weighted by Crippen LogP contribution is -2.38. The van der Waals surface area contributed by atoms with Crippen molar-refractivity contribution in [2.45, 2.75) is 18.9 Å². The first-order valence-corrected chi connectivity index (χ1v) is 5.55. The summed E-state index contributed by atoms with van der Waals surface area (Å²) in [6.45, 7) is 0.448. The highest BCUT2D eigenvalue weighted by Crippen LogP contribution is 2.28. The Hall–Kier alpha value is -1.75. The van der Waals surface area contributed by atoms with Crippen LogP contribution in [0.5, 0.6) is 11.5 Å². The monoisotopic (exact) mass is 237 g/mol. The van der Waals surface area contributed by atoms with E-state index in [1.165, 1.54) is 18.2 Å². The van der Waals surface area contributed by atoms with Crippen LogP contribution in [0.25, 0.3) is 0 Å². The summed E-state index contributed by atoms with van der Waals surface area (Å²) in [6, 6.07) is 4.16. The lowest BCUT2D eigenvalue weighted by atomic mass is 9.82. The van der Waals surface area contributed by atoms with Gasteiger partial charge >= 0.3 is 0 Å². The minimum atomic E-state index is -0.498. The number of amides is 1. The number of carbonyl (C=O) groups is 1. The Morgan fingerprint density at radius 1 is 1.29 bits per heavy atom. The second kappa shape index (κ2) is 4.63. The molecule has 1 fully saturated rings. The standard InChI is InChI=1S/C12H15NO4/c14-8-4-7(5-8)6-13-12(17)11-9(15)2-1-3-10(11)16/h1-3,7-8,14-16H,4-6H2,(H,13,17). The Balaban J connectivity index is 1.95. The van der Waals surface area contributed by atoms with Crippen molar-refractivity contribution in [1.82, 2.24) is 5.32 Å². The van der Waals surface area contributed by atoms with Gasteiger partial charge in [0, 0.05) is 6.54 Å². The first-order chi connectivity index (χ1) is 8.08. The number of phenols is 2. The van der Waals surface area contributed by atoms with Crippen LogP contribution >= 0.6 is 0 Å². The van der Waals surface area contributed by atoms with Gasteiger partial charge < -0.3 is 20.6 Å². The molecule has 0 unspecified atom stereocenters. The van der Waals surface area contributed by atoms with Gasteiger partial charge in [0.2, 0.25) is 0 Å². The number of hydrogen-bond acceptors (Lipinski definition) is 4. The van der Waals surface area contributed by atoms with Gasteiger partial charge in [-0.15, -0.1) is 0 Å². The van der Waals surface area contributed by atoms with Gasteiger partial charge in [-0.3, -0.25) is 4.79 Å². The van der Waals surface area contributed by atoms with Crippen molar-refractivity contribution in [2.75, 3.05) is 6.54 Å². The topological polar surface area (TPSA) is 89.8 Å². The van der Waals surface area contributed by atoms with Gasteiger partial charge in [0.15, 0.2) is 0 Å². The lowest BCUT2D eigenvalue weighted by Gasteiger charge is -2.31. The number of carbonyl (C=O) groups excluding carboxylic acids is 1. The Morgan fingerprint density at radius 2 is 1.88 bits per heavy atom. The molecule has 0 saturated heterocycles. The molecule has 5 nitrogen and oxygen atoms in total. The smallest absolute Gasteiger partial charge is 0.258 e. The molecule has 17 heavy (non-hydrogen) atoms. The van der Waals surface area contributed by atoms with E-state index in [2.05, 4.69) is 5.32 Å². The molecule has 1 aromatic rings. The average Bonchev–Trinajstić information content (AvgIpc) is 2.22. The Kier molecular flexibility index (Phi) is 3.19.